The molecule has 0 atom stereocenters. The van der Waals surface area contributed by atoms with Crippen LogP contribution in [0.4, 0.5) is 0 Å². The normalized spacial score (nSPS) is 10.9. The minimum absolute atomic E-state index is 0.0359. The fourth-order valence-electron chi connectivity index (χ4n) is 2.63. The highest BCUT2D eigenvalue weighted by atomic mass is 35.5. The average Bonchev–Trinajstić information content (AvgIpc) is 2.62. The van der Waals surface area contributed by atoms with E-state index in [2.05, 4.69) is 10.1 Å². The average molecular weight is 378 g/mol. The minimum Gasteiger partial charge on any atom is -0.465 e. The number of fused-ring (bicyclic) bond motifs is 1. The predicted octanol–water partition coefficient (Wildman–Crippen LogP) is 3.24. The third-order valence-electron chi connectivity index (χ3n) is 3.86. The van der Waals surface area contributed by atoms with Crippen LogP contribution in [0.3, 0.4) is 0 Å². The lowest BCUT2D eigenvalue weighted by Gasteiger charge is -2.14. The summed E-state index contributed by atoms with van der Waals surface area (Å²) < 4.78 is 5.99. The van der Waals surface area contributed by atoms with Gasteiger partial charge in [0.2, 0.25) is 0 Å². The molecule has 0 aliphatic carbocycles. The topological polar surface area (TPSA) is 74.1 Å². The smallest absolute Gasteiger partial charge is 0.340 e. The molecule has 0 saturated carbocycles. The Balaban J connectivity index is 2.23. The number of carbonyl (C=O) groups is 1. The van der Waals surface area contributed by atoms with Crippen molar-refractivity contribution in [1.29, 1.82) is 0 Å². The third-order valence-corrected chi connectivity index (χ3v) is 4.61. The van der Waals surface area contributed by atoms with Gasteiger partial charge in [0.25, 0.3) is 5.56 Å². The number of esters is 1. The number of hydrogen-bond acceptors (Lipinski definition) is 5. The van der Waals surface area contributed by atoms with Crippen molar-refractivity contribution in [2.75, 3.05) is 7.11 Å². The van der Waals surface area contributed by atoms with Crippen LogP contribution in [0.5, 0.6) is 0 Å². The van der Waals surface area contributed by atoms with Gasteiger partial charge in [0.15, 0.2) is 0 Å². The van der Waals surface area contributed by atoms with E-state index in [1.165, 1.54) is 13.3 Å². The summed E-state index contributed by atoms with van der Waals surface area (Å²) >= 11 is 11.7. The maximum absolute atomic E-state index is 12.3. The van der Waals surface area contributed by atoms with Crippen LogP contribution in [0.1, 0.15) is 21.6 Å². The van der Waals surface area contributed by atoms with Crippen molar-refractivity contribution in [3.8, 4) is 0 Å². The molecule has 8 heteroatoms. The quantitative estimate of drug-likeness (QED) is 0.655. The van der Waals surface area contributed by atoms with E-state index in [0.717, 1.165) is 15.6 Å². The SMILES string of the molecule is COC(=O)c1c(Cn2ncc(Cl)c(Cl)c2=O)nc2ccccc2c1C. The first-order chi connectivity index (χ1) is 11.9. The zero-order valence-electron chi connectivity index (χ0n) is 13.4. The molecule has 6 nitrogen and oxygen atoms in total. The van der Waals surface area contributed by atoms with E-state index < -0.39 is 11.5 Å². The van der Waals surface area contributed by atoms with Crippen molar-refractivity contribution >= 4 is 40.1 Å². The molecular formula is C17H13Cl2N3O3. The van der Waals surface area contributed by atoms with Crippen molar-refractivity contribution in [1.82, 2.24) is 14.8 Å². The fourth-order valence-corrected chi connectivity index (χ4v) is 2.90. The van der Waals surface area contributed by atoms with Crippen molar-refractivity contribution in [3.63, 3.8) is 0 Å². The molecule has 2 heterocycles. The summed E-state index contributed by atoms with van der Waals surface area (Å²) in [7, 11) is 1.30. The summed E-state index contributed by atoms with van der Waals surface area (Å²) in [5.74, 6) is -0.529. The maximum atomic E-state index is 12.3. The largest absolute Gasteiger partial charge is 0.465 e. The molecule has 0 aliphatic rings. The second-order valence-corrected chi connectivity index (χ2v) is 6.12. The highest BCUT2D eigenvalue weighted by Gasteiger charge is 2.20. The van der Waals surface area contributed by atoms with Crippen LogP contribution in [0.15, 0.2) is 35.3 Å². The summed E-state index contributed by atoms with van der Waals surface area (Å²) in [5, 5.41) is 4.74. The Morgan fingerprint density at radius 3 is 2.72 bits per heavy atom. The number of carbonyl (C=O) groups excluding carboxylic acids is 1. The zero-order chi connectivity index (χ0) is 18.1. The number of pyridine rings is 1. The molecule has 128 valence electrons. The Morgan fingerprint density at radius 2 is 2.00 bits per heavy atom. The molecule has 0 saturated heterocycles. The molecule has 0 aliphatic heterocycles. The van der Waals surface area contributed by atoms with Gasteiger partial charge in [-0.05, 0) is 18.6 Å². The zero-order valence-corrected chi connectivity index (χ0v) is 14.9. The molecule has 0 N–H and O–H groups in total. The number of benzene rings is 1. The lowest BCUT2D eigenvalue weighted by Crippen LogP contribution is -2.25. The fraction of sp³-hybridized carbons (Fsp3) is 0.176. The van der Waals surface area contributed by atoms with Crippen LogP contribution in [-0.4, -0.2) is 27.8 Å². The van der Waals surface area contributed by atoms with Gasteiger partial charge in [-0.1, -0.05) is 41.4 Å². The Labute approximate surface area is 153 Å². The van der Waals surface area contributed by atoms with E-state index in [4.69, 9.17) is 27.9 Å². The molecular weight excluding hydrogens is 365 g/mol. The monoisotopic (exact) mass is 377 g/mol. The number of hydrogen-bond donors (Lipinski definition) is 0. The van der Waals surface area contributed by atoms with Crippen LogP contribution in [0, 0.1) is 6.92 Å². The molecule has 3 rings (SSSR count). The number of methoxy groups -OCH3 is 1. The number of aryl methyl sites for hydroxylation is 1. The van der Waals surface area contributed by atoms with Gasteiger partial charge in [0.1, 0.15) is 5.02 Å². The molecule has 0 bridgehead atoms. The van der Waals surface area contributed by atoms with E-state index in [9.17, 15) is 9.59 Å². The van der Waals surface area contributed by atoms with Crippen molar-refractivity contribution in [3.05, 3.63) is 67.7 Å². The lowest BCUT2D eigenvalue weighted by atomic mass is 10.0. The molecule has 3 aromatic rings. The van der Waals surface area contributed by atoms with Gasteiger partial charge in [0.05, 0.1) is 41.6 Å². The summed E-state index contributed by atoms with van der Waals surface area (Å²) in [6, 6.07) is 7.41. The van der Waals surface area contributed by atoms with Crippen LogP contribution < -0.4 is 5.56 Å². The number of halogens is 2. The molecule has 0 unspecified atom stereocenters. The van der Waals surface area contributed by atoms with Gasteiger partial charge in [0, 0.05) is 5.39 Å². The van der Waals surface area contributed by atoms with Gasteiger partial charge in [-0.3, -0.25) is 4.79 Å². The Bertz CT molecular complexity index is 1050. The van der Waals surface area contributed by atoms with Gasteiger partial charge >= 0.3 is 5.97 Å². The number of aromatic nitrogens is 3. The predicted molar refractivity (Wildman–Crippen MR) is 95.4 cm³/mol. The van der Waals surface area contributed by atoms with E-state index in [0.29, 0.717) is 16.8 Å². The summed E-state index contributed by atoms with van der Waals surface area (Å²) in [5.41, 5.74) is 1.55. The van der Waals surface area contributed by atoms with E-state index >= 15 is 0 Å². The molecule has 0 spiro atoms. The van der Waals surface area contributed by atoms with Crippen molar-refractivity contribution in [2.24, 2.45) is 0 Å². The first kappa shape index (κ1) is 17.4. The van der Waals surface area contributed by atoms with Crippen molar-refractivity contribution < 1.29 is 9.53 Å². The minimum atomic E-state index is -0.558. The summed E-state index contributed by atoms with van der Waals surface area (Å²) in [6.45, 7) is 1.77. The van der Waals surface area contributed by atoms with Gasteiger partial charge in [-0.25, -0.2) is 14.5 Å². The molecule has 0 radical (unpaired) electrons. The third kappa shape index (κ3) is 3.10. The Kier molecular flexibility index (Phi) is 4.74. The van der Waals surface area contributed by atoms with Crippen LogP contribution in [0.2, 0.25) is 10.0 Å². The standard InChI is InChI=1S/C17H13Cl2N3O3/c1-9-10-5-3-4-6-12(10)21-13(14(9)17(24)25-2)8-22-16(23)15(19)11(18)7-20-22/h3-7H,8H2,1-2H3. The number of ether oxygens (including phenoxy) is 1. The van der Waals surface area contributed by atoms with E-state index in [1.54, 1.807) is 0 Å². The Morgan fingerprint density at radius 1 is 1.28 bits per heavy atom. The lowest BCUT2D eigenvalue weighted by molar-refractivity contribution is 0.0598. The maximum Gasteiger partial charge on any atom is 0.340 e. The first-order valence-electron chi connectivity index (χ1n) is 7.31. The molecule has 1 aromatic carbocycles. The van der Waals surface area contributed by atoms with Gasteiger partial charge < -0.3 is 4.74 Å². The van der Waals surface area contributed by atoms with E-state index in [1.807, 2.05) is 31.2 Å². The number of nitrogens with zero attached hydrogens (tertiary/aromatic N) is 3. The molecule has 0 fully saturated rings. The van der Waals surface area contributed by atoms with Crippen molar-refractivity contribution in [2.45, 2.75) is 13.5 Å². The van der Waals surface area contributed by atoms with Crippen LogP contribution >= 0.6 is 23.2 Å². The van der Waals surface area contributed by atoms with Crippen LogP contribution in [-0.2, 0) is 11.3 Å². The second-order valence-electron chi connectivity index (χ2n) is 5.34. The highest BCUT2D eigenvalue weighted by molar-refractivity contribution is 6.41. The molecule has 25 heavy (non-hydrogen) atoms. The van der Waals surface area contributed by atoms with Crippen LogP contribution in [0.25, 0.3) is 10.9 Å². The summed E-state index contributed by atoms with van der Waals surface area (Å²) in [6.07, 6.45) is 1.27. The first-order valence-corrected chi connectivity index (χ1v) is 8.07. The molecule has 2 aromatic heterocycles. The van der Waals surface area contributed by atoms with Gasteiger partial charge in [-0.15, -0.1) is 0 Å². The number of rotatable bonds is 3. The highest BCUT2D eigenvalue weighted by Crippen LogP contribution is 2.24. The Hall–Kier alpha value is -2.44. The second kappa shape index (κ2) is 6.82. The van der Waals surface area contributed by atoms with E-state index in [-0.39, 0.29) is 16.6 Å². The number of para-hydroxylation sites is 1. The van der Waals surface area contributed by atoms with Gasteiger partial charge in [-0.2, -0.15) is 5.10 Å². The molecule has 0 amide bonds. The summed E-state index contributed by atoms with van der Waals surface area (Å²) in [4.78, 5) is 29.0.